The number of aromatic nitrogens is 1. The largest absolute Gasteiger partial charge is 0.496 e. The number of rotatable bonds is 6. The Bertz CT molecular complexity index is 813. The van der Waals surface area contributed by atoms with Crippen LogP contribution in [0.15, 0.2) is 47.6 Å². The number of hydrogen-bond donors (Lipinski definition) is 2. The van der Waals surface area contributed by atoms with Gasteiger partial charge in [0.05, 0.1) is 12.1 Å². The Morgan fingerprint density at radius 3 is 2.93 bits per heavy atom. The maximum Gasteiger partial charge on any atom is 0.191 e. The number of anilines is 1. The van der Waals surface area contributed by atoms with Crippen LogP contribution < -0.4 is 20.3 Å². The lowest BCUT2D eigenvalue weighted by Crippen LogP contribution is -2.45. The van der Waals surface area contributed by atoms with Gasteiger partial charge in [-0.25, -0.2) is 4.98 Å². The first-order valence-electron chi connectivity index (χ1n) is 9.58. The van der Waals surface area contributed by atoms with Crippen LogP contribution in [0.25, 0.3) is 0 Å². The summed E-state index contributed by atoms with van der Waals surface area (Å²) in [6.07, 6.45) is 2.79. The number of guanidine groups is 1. The number of nitrogens with one attached hydrogen (secondary N) is 2. The summed E-state index contributed by atoms with van der Waals surface area (Å²) < 4.78 is 5.47. The van der Waals surface area contributed by atoms with Gasteiger partial charge in [0.25, 0.3) is 0 Å². The molecule has 150 valence electrons. The van der Waals surface area contributed by atoms with Crippen molar-refractivity contribution in [2.45, 2.75) is 25.3 Å². The van der Waals surface area contributed by atoms with Crippen molar-refractivity contribution in [1.82, 2.24) is 15.6 Å². The zero-order chi connectivity index (χ0) is 19.9. The van der Waals surface area contributed by atoms with Crippen LogP contribution in [0, 0.1) is 0 Å². The summed E-state index contributed by atoms with van der Waals surface area (Å²) in [5.41, 5.74) is 1.18. The summed E-state index contributed by atoms with van der Waals surface area (Å²) in [4.78, 5) is 11.0. The number of halogens is 1. The fourth-order valence-corrected chi connectivity index (χ4v) is 3.74. The van der Waals surface area contributed by atoms with E-state index >= 15 is 0 Å². The van der Waals surface area contributed by atoms with Gasteiger partial charge in [0.15, 0.2) is 5.96 Å². The van der Waals surface area contributed by atoms with Crippen LogP contribution in [-0.4, -0.2) is 50.8 Å². The highest BCUT2D eigenvalue weighted by Crippen LogP contribution is 2.26. The van der Waals surface area contributed by atoms with Gasteiger partial charge in [-0.15, -0.1) is 0 Å². The van der Waals surface area contributed by atoms with Gasteiger partial charge in [0.1, 0.15) is 11.6 Å². The topological polar surface area (TPSA) is 61.8 Å². The molecule has 1 aliphatic rings. The lowest BCUT2D eigenvalue weighted by molar-refractivity contribution is 0.406. The second-order valence-electron chi connectivity index (χ2n) is 6.98. The number of benzene rings is 1. The van der Waals surface area contributed by atoms with E-state index in [1.54, 1.807) is 20.4 Å². The van der Waals surface area contributed by atoms with E-state index in [2.05, 4.69) is 38.5 Å². The Kier molecular flexibility index (Phi) is 6.98. The van der Waals surface area contributed by atoms with Crippen molar-refractivity contribution >= 4 is 23.4 Å². The molecule has 0 saturated carbocycles. The Balaban J connectivity index is 1.53. The maximum atomic E-state index is 6.28. The normalized spacial score (nSPS) is 18.1. The first kappa shape index (κ1) is 20.3. The third-order valence-corrected chi connectivity index (χ3v) is 5.33. The molecular formula is C21H28ClN5O. The van der Waals surface area contributed by atoms with Crippen molar-refractivity contribution in [3.8, 4) is 5.75 Å². The average Bonchev–Trinajstić information content (AvgIpc) is 3.19. The predicted molar refractivity (Wildman–Crippen MR) is 116 cm³/mol. The monoisotopic (exact) mass is 401 g/mol. The van der Waals surface area contributed by atoms with Crippen molar-refractivity contribution in [2.24, 2.45) is 4.99 Å². The van der Waals surface area contributed by atoms with Gasteiger partial charge in [0, 0.05) is 44.8 Å². The molecule has 2 atom stereocenters. The van der Waals surface area contributed by atoms with Crippen molar-refractivity contribution in [2.75, 3.05) is 38.7 Å². The molecule has 2 unspecified atom stereocenters. The number of aliphatic imine (C=N–C) groups is 1. The van der Waals surface area contributed by atoms with Crippen LogP contribution in [0.5, 0.6) is 5.75 Å². The Hall–Kier alpha value is -2.47. The van der Waals surface area contributed by atoms with Gasteiger partial charge in [-0.2, -0.15) is 0 Å². The standard InChI is InChI=1S/C21H28ClN5O/c1-15(17-7-4-5-9-19(17)28-3)13-25-21(23-2)26-16-10-12-27(14-16)20-18(22)8-6-11-24-20/h4-9,11,15-16H,10,12-14H2,1-3H3,(H2,23,25,26). The summed E-state index contributed by atoms with van der Waals surface area (Å²) >= 11 is 6.28. The predicted octanol–water partition coefficient (Wildman–Crippen LogP) is 3.29. The van der Waals surface area contributed by atoms with Crippen molar-refractivity contribution < 1.29 is 4.74 Å². The molecule has 1 saturated heterocycles. The molecule has 2 N–H and O–H groups in total. The van der Waals surface area contributed by atoms with E-state index in [1.165, 1.54) is 5.56 Å². The molecule has 2 heterocycles. The molecule has 7 heteroatoms. The Labute approximate surface area is 172 Å². The summed E-state index contributed by atoms with van der Waals surface area (Å²) in [5, 5.41) is 7.64. The van der Waals surface area contributed by atoms with Crippen LogP contribution >= 0.6 is 11.6 Å². The molecule has 1 aromatic carbocycles. The third-order valence-electron chi connectivity index (χ3n) is 5.04. The number of pyridine rings is 1. The fourth-order valence-electron chi connectivity index (χ4n) is 3.50. The molecule has 0 amide bonds. The molecule has 6 nitrogen and oxygen atoms in total. The van der Waals surface area contributed by atoms with Gasteiger partial charge in [0.2, 0.25) is 0 Å². The second kappa shape index (κ2) is 9.64. The van der Waals surface area contributed by atoms with Crippen LogP contribution in [0.4, 0.5) is 5.82 Å². The van der Waals surface area contributed by atoms with E-state index in [-0.39, 0.29) is 0 Å². The summed E-state index contributed by atoms with van der Waals surface area (Å²) in [6, 6.07) is 12.2. The molecule has 0 bridgehead atoms. The molecular weight excluding hydrogens is 374 g/mol. The minimum absolute atomic E-state index is 0.294. The van der Waals surface area contributed by atoms with E-state index < -0.39 is 0 Å². The summed E-state index contributed by atoms with van der Waals surface area (Å²) in [7, 11) is 3.50. The molecule has 0 aliphatic carbocycles. The first-order valence-corrected chi connectivity index (χ1v) is 9.95. The minimum Gasteiger partial charge on any atom is -0.496 e. The van der Waals surface area contributed by atoms with Crippen LogP contribution in [0.3, 0.4) is 0 Å². The summed E-state index contributed by atoms with van der Waals surface area (Å²) in [6.45, 7) is 4.71. The van der Waals surface area contributed by atoms with Gasteiger partial charge in [-0.1, -0.05) is 36.7 Å². The highest BCUT2D eigenvalue weighted by molar-refractivity contribution is 6.32. The molecule has 3 rings (SSSR count). The molecule has 1 aromatic heterocycles. The summed E-state index contributed by atoms with van der Waals surface area (Å²) in [5.74, 6) is 2.86. The van der Waals surface area contributed by atoms with E-state index in [9.17, 15) is 0 Å². The number of ether oxygens (including phenoxy) is 1. The number of methoxy groups -OCH3 is 1. The molecule has 1 fully saturated rings. The highest BCUT2D eigenvalue weighted by atomic mass is 35.5. The molecule has 2 aromatic rings. The van der Waals surface area contributed by atoms with Gasteiger partial charge >= 0.3 is 0 Å². The van der Waals surface area contributed by atoms with E-state index in [4.69, 9.17) is 16.3 Å². The molecule has 0 radical (unpaired) electrons. The molecule has 28 heavy (non-hydrogen) atoms. The Morgan fingerprint density at radius 2 is 2.18 bits per heavy atom. The smallest absolute Gasteiger partial charge is 0.191 e. The number of nitrogens with zero attached hydrogens (tertiary/aromatic N) is 3. The van der Waals surface area contributed by atoms with Gasteiger partial charge in [-0.3, -0.25) is 4.99 Å². The van der Waals surface area contributed by atoms with E-state index in [0.29, 0.717) is 17.0 Å². The van der Waals surface area contributed by atoms with Crippen LogP contribution in [-0.2, 0) is 0 Å². The lowest BCUT2D eigenvalue weighted by atomic mass is 10.0. The minimum atomic E-state index is 0.294. The quantitative estimate of drug-likeness (QED) is 0.574. The molecule has 1 aliphatic heterocycles. The maximum absolute atomic E-state index is 6.28. The van der Waals surface area contributed by atoms with Crippen molar-refractivity contribution in [3.05, 3.63) is 53.2 Å². The number of hydrogen-bond acceptors (Lipinski definition) is 4. The van der Waals surface area contributed by atoms with Crippen LogP contribution in [0.1, 0.15) is 24.8 Å². The van der Waals surface area contributed by atoms with E-state index in [0.717, 1.165) is 43.6 Å². The lowest BCUT2D eigenvalue weighted by Gasteiger charge is -2.22. The fraction of sp³-hybridized carbons (Fsp3) is 0.429. The Morgan fingerprint density at radius 1 is 1.36 bits per heavy atom. The van der Waals surface area contributed by atoms with E-state index in [1.807, 2.05) is 30.3 Å². The third kappa shape index (κ3) is 4.87. The zero-order valence-electron chi connectivity index (χ0n) is 16.7. The van der Waals surface area contributed by atoms with Gasteiger partial charge in [-0.05, 0) is 30.2 Å². The van der Waals surface area contributed by atoms with Crippen molar-refractivity contribution in [3.63, 3.8) is 0 Å². The van der Waals surface area contributed by atoms with Crippen LogP contribution in [0.2, 0.25) is 5.02 Å². The highest BCUT2D eigenvalue weighted by Gasteiger charge is 2.25. The van der Waals surface area contributed by atoms with Crippen molar-refractivity contribution in [1.29, 1.82) is 0 Å². The second-order valence-corrected chi connectivity index (χ2v) is 7.39. The SMILES string of the molecule is CN=C(NCC(C)c1ccccc1OC)NC1CCN(c2ncccc2Cl)C1. The first-order chi connectivity index (χ1) is 13.6. The van der Waals surface area contributed by atoms with Gasteiger partial charge < -0.3 is 20.3 Å². The number of para-hydroxylation sites is 1. The molecule has 0 spiro atoms. The average molecular weight is 402 g/mol. The zero-order valence-corrected chi connectivity index (χ0v) is 17.4.